The van der Waals surface area contributed by atoms with Gasteiger partial charge in [0.2, 0.25) is 0 Å². The van der Waals surface area contributed by atoms with Crippen molar-refractivity contribution in [2.24, 2.45) is 0 Å². The molecule has 0 radical (unpaired) electrons. The van der Waals surface area contributed by atoms with Gasteiger partial charge in [0.25, 0.3) is 0 Å². The van der Waals surface area contributed by atoms with Crippen LogP contribution in [0.2, 0.25) is 0 Å². The van der Waals surface area contributed by atoms with E-state index in [1.165, 1.54) is 21.4 Å². The van der Waals surface area contributed by atoms with E-state index >= 15 is 4.39 Å². The number of hydrogen-bond donors (Lipinski definition) is 3. The van der Waals surface area contributed by atoms with E-state index in [1.54, 1.807) is 50.0 Å². The molecule has 2 aromatic heterocycles. The molecule has 0 aliphatic carbocycles. The standard InChI is InChI=1S/C28H29F2N7O2.H2/c1-15-10-18(11-16(2)25(15)29)37-27(24-21(34-37)5-4-17-13-39-14-22(24)33-17)36-9-8-35(28(36)38)23-7-6-20(32-3)19(12-31)26(23)30;/h6-12,17,22,31-33H,4-5,13-14H2,1-3H3;1H. The fraction of sp³-hybridized carbons (Fsp3) is 0.321. The Hall–Kier alpha value is -4.09. The van der Waals surface area contributed by atoms with Gasteiger partial charge >= 0.3 is 5.69 Å². The van der Waals surface area contributed by atoms with Crippen LogP contribution in [0.3, 0.4) is 0 Å². The number of morpholine rings is 1. The van der Waals surface area contributed by atoms with Gasteiger partial charge in [0.15, 0.2) is 5.82 Å². The topological polar surface area (TPSA) is 102 Å². The van der Waals surface area contributed by atoms with E-state index in [-0.39, 0.29) is 30.6 Å². The number of hydrogen-bond acceptors (Lipinski definition) is 6. The van der Waals surface area contributed by atoms with Crippen molar-refractivity contribution >= 4 is 11.9 Å². The van der Waals surface area contributed by atoms with Crippen molar-refractivity contribution in [1.29, 1.82) is 5.41 Å². The summed E-state index contributed by atoms with van der Waals surface area (Å²) in [5.74, 6) is -0.466. The van der Waals surface area contributed by atoms with E-state index in [2.05, 4.69) is 10.6 Å². The van der Waals surface area contributed by atoms with Gasteiger partial charge in [0.1, 0.15) is 11.6 Å². The first-order valence-corrected chi connectivity index (χ1v) is 12.9. The number of aromatic nitrogens is 4. The third-order valence-electron chi connectivity index (χ3n) is 7.60. The van der Waals surface area contributed by atoms with E-state index in [4.69, 9.17) is 15.2 Å². The summed E-state index contributed by atoms with van der Waals surface area (Å²) in [6.07, 6.45) is 5.52. The van der Waals surface area contributed by atoms with Crippen molar-refractivity contribution in [3.63, 3.8) is 0 Å². The molecule has 2 bridgehead atoms. The third kappa shape index (κ3) is 4.00. The van der Waals surface area contributed by atoms with Gasteiger partial charge in [-0.05, 0) is 62.1 Å². The Morgan fingerprint density at radius 3 is 2.62 bits per heavy atom. The second-order valence-electron chi connectivity index (χ2n) is 10.1. The van der Waals surface area contributed by atoms with Crippen molar-refractivity contribution in [3.8, 4) is 17.2 Å². The van der Waals surface area contributed by atoms with Crippen LogP contribution in [0.15, 0.2) is 41.5 Å². The Bertz CT molecular complexity index is 1650. The highest BCUT2D eigenvalue weighted by atomic mass is 19.1. The minimum Gasteiger partial charge on any atom is -0.388 e. The highest BCUT2D eigenvalue weighted by molar-refractivity contribution is 5.87. The molecule has 3 N–H and O–H groups in total. The number of nitrogens with one attached hydrogen (secondary N) is 3. The summed E-state index contributed by atoms with van der Waals surface area (Å²) in [6, 6.07) is 6.53. The minimum absolute atomic E-state index is 0. The zero-order valence-electron chi connectivity index (χ0n) is 21.9. The number of aryl methyl sites for hydroxylation is 3. The molecule has 1 saturated heterocycles. The van der Waals surface area contributed by atoms with Crippen LogP contribution >= 0.6 is 0 Å². The predicted octanol–water partition coefficient (Wildman–Crippen LogP) is 3.97. The first-order valence-electron chi connectivity index (χ1n) is 12.9. The number of fused-ring (bicyclic) bond motifs is 4. The van der Waals surface area contributed by atoms with Crippen molar-refractivity contribution in [2.75, 3.05) is 25.6 Å². The molecule has 39 heavy (non-hydrogen) atoms. The summed E-state index contributed by atoms with van der Waals surface area (Å²) in [4.78, 5) is 13.9. The molecule has 2 atom stereocenters. The number of ether oxygens (including phenoxy) is 1. The molecule has 0 amide bonds. The molecule has 11 heteroatoms. The molecular weight excluding hydrogens is 504 g/mol. The third-order valence-corrected chi connectivity index (χ3v) is 7.60. The lowest BCUT2D eigenvalue weighted by molar-refractivity contribution is 0.0456. The van der Waals surface area contributed by atoms with E-state index in [0.717, 1.165) is 23.9 Å². The highest BCUT2D eigenvalue weighted by Crippen LogP contribution is 2.34. The van der Waals surface area contributed by atoms with Crippen LogP contribution in [0.25, 0.3) is 17.2 Å². The van der Waals surface area contributed by atoms with Crippen molar-refractivity contribution < 1.29 is 14.9 Å². The predicted molar refractivity (Wildman–Crippen MR) is 146 cm³/mol. The monoisotopic (exact) mass is 535 g/mol. The van der Waals surface area contributed by atoms with Gasteiger partial charge < -0.3 is 20.8 Å². The molecule has 2 aromatic carbocycles. The molecule has 9 nitrogen and oxygen atoms in total. The lowest BCUT2D eigenvalue weighted by atomic mass is 10.1. The quantitative estimate of drug-likeness (QED) is 0.336. The number of rotatable bonds is 5. The number of imidazole rings is 1. The maximum Gasteiger partial charge on any atom is 0.338 e. The second-order valence-corrected chi connectivity index (χ2v) is 10.1. The van der Waals surface area contributed by atoms with Gasteiger partial charge in [-0.2, -0.15) is 5.10 Å². The summed E-state index contributed by atoms with van der Waals surface area (Å²) < 4.78 is 40.2. The second kappa shape index (κ2) is 9.58. The van der Waals surface area contributed by atoms with E-state index in [1.807, 2.05) is 0 Å². The molecule has 4 heterocycles. The molecule has 204 valence electrons. The minimum atomic E-state index is -0.681. The van der Waals surface area contributed by atoms with E-state index < -0.39 is 11.5 Å². The number of anilines is 1. The summed E-state index contributed by atoms with van der Waals surface area (Å²) in [6.45, 7) is 4.42. The molecule has 2 aliphatic heterocycles. The SMILES string of the molecule is CNc1ccc(-n2ccn(-c3c4c(nn3-c3cc(C)c(F)c(C)c3)CCC3COCC4N3)c2=O)c(F)c1C=N.[HH]. The molecular formula is C28H31F2N7O2. The normalized spacial score (nSPS) is 18.5. The van der Waals surface area contributed by atoms with Gasteiger partial charge in [-0.25, -0.2) is 18.3 Å². The van der Waals surface area contributed by atoms with Gasteiger partial charge in [0.05, 0.1) is 41.9 Å². The summed E-state index contributed by atoms with van der Waals surface area (Å²) in [7, 11) is 1.64. The first-order chi connectivity index (χ1) is 18.8. The summed E-state index contributed by atoms with van der Waals surface area (Å²) in [5, 5.41) is 19.1. The fourth-order valence-corrected chi connectivity index (χ4v) is 5.67. The van der Waals surface area contributed by atoms with Crippen LogP contribution in [-0.2, 0) is 11.2 Å². The van der Waals surface area contributed by atoms with Crippen LogP contribution in [-0.4, -0.2) is 51.4 Å². The number of nitrogens with zero attached hydrogens (tertiary/aromatic N) is 4. The first kappa shape index (κ1) is 25.2. The highest BCUT2D eigenvalue weighted by Gasteiger charge is 2.35. The molecule has 0 saturated carbocycles. The maximum atomic E-state index is 15.5. The molecule has 2 unspecified atom stereocenters. The number of benzene rings is 2. The maximum absolute atomic E-state index is 15.5. The Labute approximate surface area is 225 Å². The van der Waals surface area contributed by atoms with Gasteiger partial charge in [-0.3, -0.25) is 9.13 Å². The average molecular weight is 536 g/mol. The zero-order chi connectivity index (χ0) is 27.4. The van der Waals surface area contributed by atoms with E-state index in [9.17, 15) is 9.18 Å². The average Bonchev–Trinajstić information content (AvgIpc) is 3.46. The van der Waals surface area contributed by atoms with Crippen molar-refractivity contribution in [3.05, 3.63) is 86.7 Å². The zero-order valence-corrected chi connectivity index (χ0v) is 21.9. The van der Waals surface area contributed by atoms with E-state index in [0.29, 0.717) is 48.0 Å². The largest absolute Gasteiger partial charge is 0.388 e. The van der Waals surface area contributed by atoms with Crippen LogP contribution in [0.5, 0.6) is 0 Å². The smallest absolute Gasteiger partial charge is 0.338 e. The number of halogens is 2. The summed E-state index contributed by atoms with van der Waals surface area (Å²) >= 11 is 0. The fourth-order valence-electron chi connectivity index (χ4n) is 5.67. The molecule has 2 aliphatic rings. The van der Waals surface area contributed by atoms with Crippen molar-refractivity contribution in [1.82, 2.24) is 24.2 Å². The van der Waals surface area contributed by atoms with Crippen LogP contribution in [0, 0.1) is 30.9 Å². The molecule has 1 fully saturated rings. The van der Waals surface area contributed by atoms with Crippen LogP contribution in [0.4, 0.5) is 14.5 Å². The Kier molecular flexibility index (Phi) is 6.19. The molecule has 4 aromatic rings. The Balaban J connectivity index is 0.00000323. The van der Waals surface area contributed by atoms with Crippen LogP contribution in [0.1, 0.15) is 41.8 Å². The summed E-state index contributed by atoms with van der Waals surface area (Å²) in [5.41, 5.74) is 3.27. The molecule has 0 spiro atoms. The van der Waals surface area contributed by atoms with Crippen molar-refractivity contribution in [2.45, 2.75) is 38.8 Å². The van der Waals surface area contributed by atoms with Crippen LogP contribution < -0.4 is 16.3 Å². The van der Waals surface area contributed by atoms with Gasteiger partial charge in [-0.1, -0.05) is 0 Å². The Morgan fingerprint density at radius 2 is 1.90 bits per heavy atom. The lowest BCUT2D eigenvalue weighted by Gasteiger charge is -2.29. The Morgan fingerprint density at radius 1 is 1.15 bits per heavy atom. The van der Waals surface area contributed by atoms with Gasteiger partial charge in [-0.15, -0.1) is 0 Å². The lowest BCUT2D eigenvalue weighted by Crippen LogP contribution is -2.43. The molecule has 6 rings (SSSR count). The van der Waals surface area contributed by atoms with Gasteiger partial charge in [0, 0.05) is 44.4 Å².